The van der Waals surface area contributed by atoms with Crippen molar-refractivity contribution in [2.75, 3.05) is 0 Å². The van der Waals surface area contributed by atoms with E-state index >= 15 is 0 Å². The number of para-hydroxylation sites is 1. The van der Waals surface area contributed by atoms with Crippen LogP contribution in [0.4, 0.5) is 0 Å². The Morgan fingerprint density at radius 2 is 1.07 bits per heavy atom. The van der Waals surface area contributed by atoms with Gasteiger partial charge < -0.3 is 4.42 Å². The van der Waals surface area contributed by atoms with Crippen molar-refractivity contribution in [3.05, 3.63) is 164 Å². The van der Waals surface area contributed by atoms with Crippen LogP contribution in [-0.2, 0) is 0 Å². The Kier molecular flexibility index (Phi) is 5.74. The molecule has 0 spiro atoms. The van der Waals surface area contributed by atoms with Crippen LogP contribution in [0.1, 0.15) is 0 Å². The number of furan rings is 1. The summed E-state index contributed by atoms with van der Waals surface area (Å²) in [7, 11) is 0. The average Bonchev–Trinajstić information content (AvgIpc) is 3.93. The van der Waals surface area contributed by atoms with E-state index in [-0.39, 0.29) is 0 Å². The fourth-order valence-corrected chi connectivity index (χ4v) is 10.4. The lowest BCUT2D eigenvalue weighted by Crippen LogP contribution is -2.03. The van der Waals surface area contributed by atoms with E-state index in [2.05, 4.69) is 156 Å². The third-order valence-corrected chi connectivity index (χ3v) is 12.8. The first kappa shape index (κ1) is 29.4. The molecule has 0 N–H and O–H groups in total. The number of nitrogens with zero attached hydrogens (tertiary/aromatic N) is 3. The summed E-state index contributed by atoms with van der Waals surface area (Å²) in [6, 6.07) is 58.7. The minimum Gasteiger partial charge on any atom is -0.456 e. The van der Waals surface area contributed by atoms with Gasteiger partial charge in [-0.1, -0.05) is 140 Å². The zero-order valence-electron chi connectivity index (χ0n) is 29.2. The maximum Gasteiger partial charge on any atom is 0.235 e. The third-order valence-electron chi connectivity index (χ3n) is 11.6. The zero-order chi connectivity index (χ0) is 35.8. The summed E-state index contributed by atoms with van der Waals surface area (Å²) < 4.78 is 11.0. The fraction of sp³-hybridized carbons (Fsp3) is 0. The van der Waals surface area contributed by atoms with E-state index in [1.165, 1.54) is 53.2 Å². The summed E-state index contributed by atoms with van der Waals surface area (Å²) in [6.45, 7) is 0. The molecule has 5 heteroatoms. The Morgan fingerprint density at radius 3 is 1.91 bits per heavy atom. The molecule has 0 amide bonds. The van der Waals surface area contributed by atoms with Gasteiger partial charge in [0.05, 0.1) is 26.9 Å². The quantitative estimate of drug-likeness (QED) is 0.167. The van der Waals surface area contributed by atoms with Gasteiger partial charge in [-0.15, -0.1) is 11.3 Å². The minimum absolute atomic E-state index is 0.650. The molecule has 0 aliphatic rings. The maximum atomic E-state index is 6.41. The Balaban J connectivity index is 1.25. The predicted octanol–water partition coefficient (Wildman–Crippen LogP) is 14.1. The van der Waals surface area contributed by atoms with Crippen molar-refractivity contribution in [1.82, 2.24) is 14.5 Å². The number of aromatic nitrogens is 3. The molecule has 4 nitrogen and oxygen atoms in total. The summed E-state index contributed by atoms with van der Waals surface area (Å²) in [6.07, 6.45) is 0. The summed E-state index contributed by atoms with van der Waals surface area (Å²) in [5.74, 6) is 0.650. The number of hydrogen-bond acceptors (Lipinski definition) is 4. The first-order valence-corrected chi connectivity index (χ1v) is 19.4. The molecule has 0 radical (unpaired) electrons. The second-order valence-electron chi connectivity index (χ2n) is 14.4. The Labute approximate surface area is 317 Å². The number of fused-ring (bicyclic) bond motifs is 18. The van der Waals surface area contributed by atoms with Crippen molar-refractivity contribution in [2.45, 2.75) is 0 Å². The van der Waals surface area contributed by atoms with E-state index in [0.717, 1.165) is 65.2 Å². The van der Waals surface area contributed by atoms with E-state index in [1.54, 1.807) is 11.3 Å². The van der Waals surface area contributed by atoms with Crippen molar-refractivity contribution in [2.24, 2.45) is 0 Å². The normalized spacial score (nSPS) is 12.4. The van der Waals surface area contributed by atoms with Gasteiger partial charge in [-0.2, -0.15) is 0 Å². The van der Waals surface area contributed by atoms with Crippen LogP contribution in [0.3, 0.4) is 0 Å². The zero-order valence-corrected chi connectivity index (χ0v) is 30.1. The van der Waals surface area contributed by atoms with Gasteiger partial charge in [0.15, 0.2) is 0 Å². The highest BCUT2D eigenvalue weighted by molar-refractivity contribution is 7.26. The smallest absolute Gasteiger partial charge is 0.235 e. The molecule has 13 aromatic rings. The molecule has 4 heterocycles. The van der Waals surface area contributed by atoms with Gasteiger partial charge in [0.25, 0.3) is 0 Å². The molecule has 0 fully saturated rings. The highest BCUT2D eigenvalue weighted by atomic mass is 32.1. The first-order valence-electron chi connectivity index (χ1n) is 18.6. The molecule has 0 bridgehead atoms. The van der Waals surface area contributed by atoms with Crippen LogP contribution < -0.4 is 0 Å². The molecule has 0 aliphatic heterocycles. The van der Waals surface area contributed by atoms with Crippen LogP contribution in [0.15, 0.2) is 168 Å². The van der Waals surface area contributed by atoms with E-state index in [1.807, 2.05) is 12.1 Å². The summed E-state index contributed by atoms with van der Waals surface area (Å²) in [5.41, 5.74) is 6.81. The van der Waals surface area contributed by atoms with Gasteiger partial charge in [0, 0.05) is 48.0 Å². The van der Waals surface area contributed by atoms with Crippen LogP contribution in [0.25, 0.3) is 124 Å². The lowest BCUT2D eigenvalue weighted by atomic mass is 9.91. The largest absolute Gasteiger partial charge is 0.456 e. The highest BCUT2D eigenvalue weighted by Gasteiger charge is 2.25. The van der Waals surface area contributed by atoms with Crippen LogP contribution >= 0.6 is 11.3 Å². The van der Waals surface area contributed by atoms with Gasteiger partial charge in [-0.3, -0.25) is 4.57 Å². The summed E-state index contributed by atoms with van der Waals surface area (Å²) in [5, 5.41) is 15.5. The highest BCUT2D eigenvalue weighted by Crippen LogP contribution is 2.47. The molecule has 0 aliphatic carbocycles. The molecular weight excluding hydrogens is 691 g/mol. The molecular formula is C50H27N3OS. The van der Waals surface area contributed by atoms with E-state index in [9.17, 15) is 0 Å². The SMILES string of the molecule is c1ccc2c(c1)ccc1c3c4c5ccccc5c5ccccc5c4ccc3n(-c3nc(-c4cccc5oc6ccccc6c45)c4sc5ccccc5c4n3)c21. The average molecular weight is 718 g/mol. The topological polar surface area (TPSA) is 43.9 Å². The van der Waals surface area contributed by atoms with Crippen LogP contribution in [0.2, 0.25) is 0 Å². The van der Waals surface area contributed by atoms with Crippen molar-refractivity contribution >= 4 is 118 Å². The van der Waals surface area contributed by atoms with Crippen molar-refractivity contribution in [1.29, 1.82) is 0 Å². The van der Waals surface area contributed by atoms with Crippen molar-refractivity contribution in [3.8, 4) is 17.2 Å². The molecule has 254 valence electrons. The van der Waals surface area contributed by atoms with Crippen LogP contribution in [-0.4, -0.2) is 14.5 Å². The van der Waals surface area contributed by atoms with Gasteiger partial charge in [0.2, 0.25) is 5.95 Å². The second-order valence-corrected chi connectivity index (χ2v) is 15.5. The number of rotatable bonds is 2. The van der Waals surface area contributed by atoms with Gasteiger partial charge in [0.1, 0.15) is 11.2 Å². The van der Waals surface area contributed by atoms with Crippen LogP contribution in [0, 0.1) is 0 Å². The number of benzene rings is 9. The lowest BCUT2D eigenvalue weighted by molar-refractivity contribution is 0.669. The number of hydrogen-bond donors (Lipinski definition) is 0. The standard InChI is InChI=1S/C50H27N3OS/c1-2-13-29-28(12-1)24-25-38-45-39(27-26-34-32-16-4-3-14-30(32)31-15-5-6-17-33(31)44(34)45)53(48(29)38)50-51-46-36-19-8-10-23-42(36)55-49(46)47(52-50)37-20-11-22-41-43(37)35-18-7-9-21-40(35)54-41/h1-27H. The van der Waals surface area contributed by atoms with Gasteiger partial charge in [-0.25, -0.2) is 9.97 Å². The lowest BCUT2D eigenvalue weighted by Gasteiger charge is -2.13. The third kappa shape index (κ3) is 3.89. The molecule has 4 aromatic heterocycles. The van der Waals surface area contributed by atoms with E-state index in [4.69, 9.17) is 14.4 Å². The predicted molar refractivity (Wildman–Crippen MR) is 232 cm³/mol. The Hall–Kier alpha value is -7.08. The number of thiophene rings is 1. The van der Waals surface area contributed by atoms with Crippen LogP contribution in [0.5, 0.6) is 0 Å². The second kappa shape index (κ2) is 10.8. The van der Waals surface area contributed by atoms with Gasteiger partial charge >= 0.3 is 0 Å². The molecule has 0 atom stereocenters. The molecule has 0 saturated heterocycles. The monoisotopic (exact) mass is 717 g/mol. The molecule has 9 aromatic carbocycles. The van der Waals surface area contributed by atoms with Crippen molar-refractivity contribution < 1.29 is 4.42 Å². The maximum absolute atomic E-state index is 6.41. The summed E-state index contributed by atoms with van der Waals surface area (Å²) >= 11 is 1.75. The molecule has 0 saturated carbocycles. The van der Waals surface area contributed by atoms with Gasteiger partial charge in [-0.05, 0) is 56.6 Å². The summed E-state index contributed by atoms with van der Waals surface area (Å²) in [4.78, 5) is 11.2. The Bertz CT molecular complexity index is 3760. The van der Waals surface area contributed by atoms with E-state index in [0.29, 0.717) is 5.95 Å². The fourth-order valence-electron chi connectivity index (χ4n) is 9.30. The first-order chi connectivity index (χ1) is 27.3. The Morgan fingerprint density at radius 1 is 0.436 bits per heavy atom. The van der Waals surface area contributed by atoms with E-state index < -0.39 is 0 Å². The molecule has 55 heavy (non-hydrogen) atoms. The minimum atomic E-state index is 0.650. The van der Waals surface area contributed by atoms with Crippen molar-refractivity contribution in [3.63, 3.8) is 0 Å². The molecule has 0 unspecified atom stereocenters. The molecule has 13 rings (SSSR count).